The first-order valence-electron chi connectivity index (χ1n) is 18.1. The largest absolute Gasteiger partial charge is 0.480 e. The number of nitrogens with one attached hydrogen (secondary N) is 1. The monoisotopic (exact) mass is 763 g/mol. The molecule has 0 aromatic heterocycles. The van der Waals surface area contributed by atoms with Crippen molar-refractivity contribution in [3.63, 3.8) is 0 Å². The first-order chi connectivity index (χ1) is 27.0. The minimum atomic E-state index is -1.26. The predicted octanol–water partition coefficient (Wildman–Crippen LogP) is 7.23. The molecule has 1 heterocycles. The van der Waals surface area contributed by atoms with Crippen molar-refractivity contribution in [3.8, 4) is 0 Å². The maximum absolute atomic E-state index is 12.7. The van der Waals surface area contributed by atoms with Gasteiger partial charge in [-0.25, -0.2) is 4.79 Å². The van der Waals surface area contributed by atoms with Crippen LogP contribution in [-0.4, -0.2) is 65.3 Å². The lowest BCUT2D eigenvalue weighted by Crippen LogP contribution is -2.60. The van der Waals surface area contributed by atoms with Crippen LogP contribution in [0.3, 0.4) is 0 Å². The Morgan fingerprint density at radius 2 is 1.04 bits per heavy atom. The molecule has 55 heavy (non-hydrogen) atoms. The zero-order valence-corrected chi connectivity index (χ0v) is 31.1. The van der Waals surface area contributed by atoms with Gasteiger partial charge in [0, 0.05) is 5.75 Å². The van der Waals surface area contributed by atoms with Crippen LogP contribution < -0.4 is 5.48 Å². The summed E-state index contributed by atoms with van der Waals surface area (Å²) in [7, 11) is 0. The van der Waals surface area contributed by atoms with Crippen molar-refractivity contribution >= 4 is 23.7 Å². The van der Waals surface area contributed by atoms with Crippen molar-refractivity contribution < 1.29 is 43.2 Å². The first kappa shape index (κ1) is 39.8. The summed E-state index contributed by atoms with van der Waals surface area (Å²) in [6.07, 6.45) is -2.66. The van der Waals surface area contributed by atoms with Crippen LogP contribution in [0.25, 0.3) is 0 Å². The van der Waals surface area contributed by atoms with Crippen LogP contribution in [0.5, 0.6) is 0 Å². The average molecular weight is 764 g/mol. The first-order valence-corrected chi connectivity index (χ1v) is 19.2. The van der Waals surface area contributed by atoms with E-state index in [0.717, 1.165) is 22.3 Å². The molecular formula is C44H45NO9S. The van der Waals surface area contributed by atoms with Gasteiger partial charge in [-0.15, -0.1) is 17.2 Å². The molecule has 1 saturated heterocycles. The van der Waals surface area contributed by atoms with Gasteiger partial charge in [0.1, 0.15) is 35.9 Å². The number of carboxylic acid groups (broad SMARTS) is 1. The maximum atomic E-state index is 12.7. The smallest absolute Gasteiger partial charge is 0.356 e. The number of carboxylic acids is 1. The zero-order valence-electron chi connectivity index (χ0n) is 30.3. The van der Waals surface area contributed by atoms with Gasteiger partial charge < -0.3 is 33.6 Å². The summed E-state index contributed by atoms with van der Waals surface area (Å²) < 4.78 is 33.2. The third-order valence-corrected chi connectivity index (χ3v) is 10.1. The fraction of sp³-hybridized carbons (Fsp3) is 0.273. The van der Waals surface area contributed by atoms with Crippen molar-refractivity contribution in [1.82, 2.24) is 5.48 Å². The fourth-order valence-electron chi connectivity index (χ4n) is 5.99. The second-order valence-corrected chi connectivity index (χ2v) is 14.1. The van der Waals surface area contributed by atoms with Crippen LogP contribution in [0, 0.1) is 0 Å². The molecular weight excluding hydrogens is 719 g/mol. The Labute approximate surface area is 325 Å². The van der Waals surface area contributed by atoms with Crippen LogP contribution in [0.4, 0.5) is 0 Å². The van der Waals surface area contributed by atoms with E-state index in [1.807, 2.05) is 121 Å². The molecule has 0 bridgehead atoms. The molecule has 5 aromatic rings. The minimum Gasteiger partial charge on any atom is -0.480 e. The number of aliphatic carboxylic acids is 1. The van der Waals surface area contributed by atoms with Crippen molar-refractivity contribution in [1.29, 1.82) is 0 Å². The topological polar surface area (TPSA) is 122 Å². The van der Waals surface area contributed by atoms with E-state index in [1.165, 1.54) is 11.8 Å². The molecule has 1 aliphatic rings. The SMILES string of the molecule is O=C(ON[C@@H](CSC1OC(COCc2ccccc2)C(OCc2ccccc2)C(OCc2ccccc2)C1OCc1ccccc1)C(=O)O)c1ccccc1. The molecule has 11 heteroatoms. The number of carbonyl (C=O) groups is 2. The summed E-state index contributed by atoms with van der Waals surface area (Å²) in [5.74, 6) is -1.93. The van der Waals surface area contributed by atoms with Gasteiger partial charge in [0.2, 0.25) is 0 Å². The van der Waals surface area contributed by atoms with Gasteiger partial charge in [-0.1, -0.05) is 140 Å². The summed E-state index contributed by atoms with van der Waals surface area (Å²) in [5, 5.41) is 10.2. The van der Waals surface area contributed by atoms with E-state index in [2.05, 4.69) is 5.48 Å². The van der Waals surface area contributed by atoms with Crippen LogP contribution in [0.1, 0.15) is 32.6 Å². The zero-order chi connectivity index (χ0) is 38.1. The highest BCUT2D eigenvalue weighted by atomic mass is 32.2. The molecule has 6 atom stereocenters. The van der Waals surface area contributed by atoms with Crippen LogP contribution in [0.2, 0.25) is 0 Å². The average Bonchev–Trinajstić information content (AvgIpc) is 3.23. The van der Waals surface area contributed by atoms with E-state index >= 15 is 0 Å². The van der Waals surface area contributed by atoms with E-state index in [4.69, 9.17) is 28.5 Å². The Bertz CT molecular complexity index is 1860. The van der Waals surface area contributed by atoms with Crippen molar-refractivity contribution in [2.45, 2.75) is 62.3 Å². The van der Waals surface area contributed by atoms with E-state index in [1.54, 1.807) is 30.3 Å². The molecule has 0 radical (unpaired) electrons. The number of ether oxygens (including phenoxy) is 5. The van der Waals surface area contributed by atoms with E-state index < -0.39 is 47.8 Å². The molecule has 2 N–H and O–H groups in total. The third kappa shape index (κ3) is 12.3. The number of hydrogen-bond donors (Lipinski definition) is 2. The van der Waals surface area contributed by atoms with E-state index in [0.29, 0.717) is 6.61 Å². The second kappa shape index (κ2) is 21.3. The molecule has 5 unspecified atom stereocenters. The van der Waals surface area contributed by atoms with Gasteiger partial charge in [0.15, 0.2) is 0 Å². The second-order valence-electron chi connectivity index (χ2n) is 12.9. The minimum absolute atomic E-state index is 0.0359. The number of carbonyl (C=O) groups excluding carboxylic acids is 1. The van der Waals surface area contributed by atoms with Crippen molar-refractivity contribution in [2.24, 2.45) is 0 Å². The normalized spacial score (nSPS) is 20.0. The highest BCUT2D eigenvalue weighted by Crippen LogP contribution is 2.36. The van der Waals surface area contributed by atoms with Gasteiger partial charge >= 0.3 is 11.9 Å². The molecule has 0 amide bonds. The summed E-state index contributed by atoms with van der Waals surface area (Å²) in [4.78, 5) is 30.3. The third-order valence-electron chi connectivity index (χ3n) is 8.87. The molecule has 10 nitrogen and oxygen atoms in total. The summed E-state index contributed by atoms with van der Waals surface area (Å²) in [5.41, 5.74) is 5.90. The molecule has 0 aliphatic carbocycles. The molecule has 5 aromatic carbocycles. The Balaban J connectivity index is 1.27. The van der Waals surface area contributed by atoms with Crippen molar-refractivity contribution in [2.75, 3.05) is 12.4 Å². The molecule has 0 saturated carbocycles. The number of benzene rings is 5. The lowest BCUT2D eigenvalue weighted by Gasteiger charge is -2.46. The van der Waals surface area contributed by atoms with Gasteiger partial charge in [0.25, 0.3) is 0 Å². The van der Waals surface area contributed by atoms with Gasteiger partial charge in [0.05, 0.1) is 38.6 Å². The lowest BCUT2D eigenvalue weighted by molar-refractivity contribution is -0.254. The Hall–Kier alpha value is -4.85. The molecule has 286 valence electrons. The van der Waals surface area contributed by atoms with Gasteiger partial charge in [-0.3, -0.25) is 4.79 Å². The van der Waals surface area contributed by atoms with E-state index in [9.17, 15) is 14.7 Å². The number of hydroxylamine groups is 1. The quantitative estimate of drug-likeness (QED) is 0.0781. The molecule has 1 fully saturated rings. The molecule has 6 rings (SSSR count). The van der Waals surface area contributed by atoms with E-state index in [-0.39, 0.29) is 37.7 Å². The lowest BCUT2D eigenvalue weighted by atomic mass is 9.98. The molecule has 0 spiro atoms. The Morgan fingerprint density at radius 3 is 1.53 bits per heavy atom. The standard InChI is InChI=1S/C44H45NO9S/c46-42(47)37(45-54-43(48)36-24-14-5-15-25-36)31-55-44-41(52-29-35-22-12-4-13-23-35)40(51-28-34-20-10-3-11-21-34)39(50-27-33-18-8-2-9-19-33)38(53-44)30-49-26-32-16-6-1-7-17-32/h1-25,37-41,44-45H,26-31H2,(H,46,47)/t37-,38?,39?,40?,41?,44?/m0/s1. The summed E-state index contributed by atoms with van der Waals surface area (Å²) >= 11 is 1.23. The number of hydrogen-bond acceptors (Lipinski definition) is 10. The Morgan fingerprint density at radius 1 is 0.600 bits per heavy atom. The highest BCUT2D eigenvalue weighted by Gasteiger charge is 2.49. The summed E-state index contributed by atoms with van der Waals surface area (Å²) in [6.45, 7) is 1.32. The molecule has 1 aliphatic heterocycles. The maximum Gasteiger partial charge on any atom is 0.356 e. The van der Waals surface area contributed by atoms with Crippen molar-refractivity contribution in [3.05, 3.63) is 179 Å². The fourth-order valence-corrected chi connectivity index (χ4v) is 7.22. The van der Waals surface area contributed by atoms with Crippen LogP contribution in [0.15, 0.2) is 152 Å². The number of rotatable bonds is 20. The summed E-state index contributed by atoms with van der Waals surface area (Å²) in [6, 6.07) is 46.4. The van der Waals surface area contributed by atoms with Gasteiger partial charge in [-0.05, 0) is 34.4 Å². The van der Waals surface area contributed by atoms with Crippen LogP contribution in [-0.2, 0) is 59.7 Å². The van der Waals surface area contributed by atoms with Gasteiger partial charge in [-0.2, -0.15) is 0 Å². The highest BCUT2D eigenvalue weighted by molar-refractivity contribution is 7.99. The van der Waals surface area contributed by atoms with Crippen LogP contribution >= 0.6 is 11.8 Å². The number of thioether (sulfide) groups is 1. The predicted molar refractivity (Wildman–Crippen MR) is 209 cm³/mol. The Kier molecular flexibility index (Phi) is 15.4.